The second kappa shape index (κ2) is 8.76. The summed E-state index contributed by atoms with van der Waals surface area (Å²) in [6.45, 7) is 4.33. The standard InChI is InChI=1S/C28H26N4O3/c1-5-31(19-14-16-21(35-4)17-15-19)27(33)25-24-22-8-6-7-9-23(22)30(3)26(24)28(34)32(29-25)20-12-10-18(2)11-13-20/h6-17H,5H2,1-4H3. The fourth-order valence-corrected chi connectivity index (χ4v) is 4.52. The summed E-state index contributed by atoms with van der Waals surface area (Å²) in [4.78, 5) is 29.4. The Balaban J connectivity index is 1.80. The van der Waals surface area contributed by atoms with E-state index in [1.165, 1.54) is 4.68 Å². The zero-order valence-electron chi connectivity index (χ0n) is 20.1. The summed E-state index contributed by atoms with van der Waals surface area (Å²) in [5.74, 6) is 0.430. The maximum atomic E-state index is 14.1. The van der Waals surface area contributed by atoms with Crippen molar-refractivity contribution in [2.75, 3.05) is 18.6 Å². The molecule has 2 aromatic heterocycles. The van der Waals surface area contributed by atoms with Gasteiger partial charge in [0.1, 0.15) is 11.3 Å². The summed E-state index contributed by atoms with van der Waals surface area (Å²) in [5, 5.41) is 6.05. The Bertz CT molecular complexity index is 1610. The number of carbonyl (C=O) groups is 1. The molecule has 0 spiro atoms. The zero-order valence-corrected chi connectivity index (χ0v) is 20.1. The molecule has 3 aromatic carbocycles. The smallest absolute Gasteiger partial charge is 0.296 e. The van der Waals surface area contributed by atoms with E-state index < -0.39 is 0 Å². The van der Waals surface area contributed by atoms with Gasteiger partial charge in [-0.15, -0.1) is 0 Å². The second-order valence-electron chi connectivity index (χ2n) is 8.45. The number of anilines is 1. The van der Waals surface area contributed by atoms with Crippen molar-refractivity contribution in [1.29, 1.82) is 0 Å². The van der Waals surface area contributed by atoms with E-state index in [1.54, 1.807) is 12.0 Å². The van der Waals surface area contributed by atoms with E-state index in [0.29, 0.717) is 28.9 Å². The van der Waals surface area contributed by atoms with Crippen LogP contribution < -0.4 is 15.2 Å². The highest BCUT2D eigenvalue weighted by Crippen LogP contribution is 2.30. The van der Waals surface area contributed by atoms with Crippen LogP contribution in [0.5, 0.6) is 5.75 Å². The van der Waals surface area contributed by atoms with Crippen LogP contribution >= 0.6 is 0 Å². The highest BCUT2D eigenvalue weighted by atomic mass is 16.5. The van der Waals surface area contributed by atoms with Gasteiger partial charge < -0.3 is 14.2 Å². The van der Waals surface area contributed by atoms with E-state index in [2.05, 4.69) is 5.10 Å². The van der Waals surface area contributed by atoms with Crippen LogP contribution in [0.1, 0.15) is 23.0 Å². The number of methoxy groups -OCH3 is 1. The summed E-state index contributed by atoms with van der Waals surface area (Å²) in [7, 11) is 3.45. The van der Waals surface area contributed by atoms with E-state index in [-0.39, 0.29) is 17.2 Å². The van der Waals surface area contributed by atoms with E-state index in [0.717, 1.165) is 22.2 Å². The SMILES string of the molecule is CCN(C(=O)c1nn(-c2ccc(C)cc2)c(=O)c2c1c1ccccc1n2C)c1ccc(OC)cc1. The molecule has 7 nitrogen and oxygen atoms in total. The maximum Gasteiger partial charge on any atom is 0.296 e. The fraction of sp³-hybridized carbons (Fsp3) is 0.179. The molecule has 0 atom stereocenters. The molecule has 35 heavy (non-hydrogen) atoms. The molecule has 5 rings (SSSR count). The van der Waals surface area contributed by atoms with Crippen LogP contribution in [0.3, 0.4) is 0 Å². The third-order valence-corrected chi connectivity index (χ3v) is 6.37. The molecule has 0 aliphatic carbocycles. The average Bonchev–Trinajstić information content (AvgIpc) is 3.19. The summed E-state index contributed by atoms with van der Waals surface area (Å²) in [5.41, 5.74) is 3.66. The number of amides is 1. The molecule has 0 saturated carbocycles. The highest BCUT2D eigenvalue weighted by Gasteiger charge is 2.27. The predicted octanol–water partition coefficient (Wildman–Crippen LogP) is 4.86. The number of benzene rings is 3. The number of ether oxygens (including phenoxy) is 1. The van der Waals surface area contributed by atoms with Crippen LogP contribution in [-0.2, 0) is 7.05 Å². The second-order valence-corrected chi connectivity index (χ2v) is 8.45. The maximum absolute atomic E-state index is 14.1. The molecule has 5 aromatic rings. The van der Waals surface area contributed by atoms with Crippen molar-refractivity contribution in [2.45, 2.75) is 13.8 Å². The van der Waals surface area contributed by atoms with Crippen molar-refractivity contribution in [3.05, 3.63) is 94.4 Å². The molecule has 0 bridgehead atoms. The van der Waals surface area contributed by atoms with Crippen LogP contribution in [-0.4, -0.2) is 33.9 Å². The summed E-state index contributed by atoms with van der Waals surface area (Å²) >= 11 is 0. The topological polar surface area (TPSA) is 69.4 Å². The highest BCUT2D eigenvalue weighted by molar-refractivity contribution is 6.20. The molecule has 0 saturated heterocycles. The lowest BCUT2D eigenvalue weighted by atomic mass is 10.1. The van der Waals surface area contributed by atoms with Crippen LogP contribution in [0.25, 0.3) is 27.5 Å². The van der Waals surface area contributed by atoms with Gasteiger partial charge >= 0.3 is 0 Å². The monoisotopic (exact) mass is 466 g/mol. The molecule has 0 aliphatic heterocycles. The van der Waals surface area contributed by atoms with Crippen molar-refractivity contribution in [3.8, 4) is 11.4 Å². The lowest BCUT2D eigenvalue weighted by molar-refractivity contribution is 0.0983. The fourth-order valence-electron chi connectivity index (χ4n) is 4.52. The van der Waals surface area contributed by atoms with Crippen molar-refractivity contribution < 1.29 is 9.53 Å². The third-order valence-electron chi connectivity index (χ3n) is 6.37. The van der Waals surface area contributed by atoms with Gasteiger partial charge in [-0.1, -0.05) is 35.9 Å². The third kappa shape index (κ3) is 3.65. The Labute approximate surface area is 202 Å². The Morgan fingerprint density at radius 1 is 1.00 bits per heavy atom. The first-order chi connectivity index (χ1) is 16.9. The molecular weight excluding hydrogens is 440 g/mol. The Morgan fingerprint density at radius 2 is 1.69 bits per heavy atom. The first-order valence-electron chi connectivity index (χ1n) is 11.5. The summed E-state index contributed by atoms with van der Waals surface area (Å²) in [6, 6.07) is 22.5. The molecule has 7 heteroatoms. The van der Waals surface area contributed by atoms with Crippen molar-refractivity contribution in [3.63, 3.8) is 0 Å². The quantitative estimate of drug-likeness (QED) is 0.371. The largest absolute Gasteiger partial charge is 0.497 e. The number of para-hydroxylation sites is 1. The minimum absolute atomic E-state index is 0.231. The van der Waals surface area contributed by atoms with Crippen LogP contribution in [0.15, 0.2) is 77.6 Å². The first kappa shape index (κ1) is 22.4. The number of aryl methyl sites for hydroxylation is 2. The predicted molar refractivity (Wildman–Crippen MR) is 139 cm³/mol. The number of rotatable bonds is 5. The van der Waals surface area contributed by atoms with Crippen molar-refractivity contribution in [1.82, 2.24) is 14.3 Å². The summed E-state index contributed by atoms with van der Waals surface area (Å²) < 4.78 is 8.44. The van der Waals surface area contributed by atoms with Gasteiger partial charge in [0, 0.05) is 35.6 Å². The van der Waals surface area contributed by atoms with Gasteiger partial charge in [0.2, 0.25) is 0 Å². The van der Waals surface area contributed by atoms with Crippen LogP contribution in [0.4, 0.5) is 5.69 Å². The minimum Gasteiger partial charge on any atom is -0.497 e. The number of carbonyl (C=O) groups excluding carboxylic acids is 1. The molecule has 0 radical (unpaired) electrons. The molecular formula is C28H26N4O3. The molecule has 0 N–H and O–H groups in total. The molecule has 2 heterocycles. The minimum atomic E-state index is -0.278. The van der Waals surface area contributed by atoms with Gasteiger partial charge in [0.25, 0.3) is 11.5 Å². The number of hydrogen-bond acceptors (Lipinski definition) is 4. The average molecular weight is 467 g/mol. The number of hydrogen-bond donors (Lipinski definition) is 0. The number of aromatic nitrogens is 3. The molecule has 0 fully saturated rings. The van der Waals surface area contributed by atoms with Gasteiger partial charge in [0.05, 0.1) is 12.8 Å². The zero-order chi connectivity index (χ0) is 24.7. The number of nitrogens with zero attached hydrogens (tertiary/aromatic N) is 4. The molecule has 176 valence electrons. The van der Waals surface area contributed by atoms with E-state index in [1.807, 2.05) is 98.3 Å². The molecule has 1 amide bonds. The normalized spacial score (nSPS) is 11.2. The Morgan fingerprint density at radius 3 is 2.34 bits per heavy atom. The van der Waals surface area contributed by atoms with Gasteiger partial charge in [-0.3, -0.25) is 9.59 Å². The van der Waals surface area contributed by atoms with Crippen LogP contribution in [0.2, 0.25) is 0 Å². The van der Waals surface area contributed by atoms with Gasteiger partial charge in [-0.05, 0) is 56.3 Å². The molecule has 0 aliphatic rings. The Hall–Kier alpha value is -4.39. The lowest BCUT2D eigenvalue weighted by Gasteiger charge is -2.22. The van der Waals surface area contributed by atoms with Gasteiger partial charge in [0.15, 0.2) is 5.69 Å². The number of fused-ring (bicyclic) bond motifs is 3. The van der Waals surface area contributed by atoms with E-state index in [9.17, 15) is 9.59 Å². The van der Waals surface area contributed by atoms with Crippen molar-refractivity contribution in [2.24, 2.45) is 7.05 Å². The Kier molecular flexibility index (Phi) is 5.61. The van der Waals surface area contributed by atoms with Crippen molar-refractivity contribution >= 4 is 33.4 Å². The van der Waals surface area contributed by atoms with Gasteiger partial charge in [-0.2, -0.15) is 9.78 Å². The lowest BCUT2D eigenvalue weighted by Crippen LogP contribution is -2.34. The van der Waals surface area contributed by atoms with Crippen LogP contribution in [0, 0.1) is 6.92 Å². The first-order valence-corrected chi connectivity index (χ1v) is 11.5. The van der Waals surface area contributed by atoms with Gasteiger partial charge in [-0.25, -0.2) is 0 Å². The van der Waals surface area contributed by atoms with E-state index in [4.69, 9.17) is 4.74 Å². The van der Waals surface area contributed by atoms with E-state index >= 15 is 0 Å². The summed E-state index contributed by atoms with van der Waals surface area (Å²) in [6.07, 6.45) is 0. The molecule has 0 unspecified atom stereocenters.